The Hall–Kier alpha value is -6.94. The van der Waals surface area contributed by atoms with E-state index in [1.807, 2.05) is 6.07 Å². The molecule has 2 N–H and O–H groups in total. The first-order valence-corrected chi connectivity index (χ1v) is 38.2. The molecule has 1 aliphatic rings. The Bertz CT molecular complexity index is 4430. The van der Waals surface area contributed by atoms with Gasteiger partial charge in [0.15, 0.2) is 0 Å². The molecule has 0 fully saturated rings. The van der Waals surface area contributed by atoms with Gasteiger partial charge in [0, 0.05) is 45.5 Å². The predicted octanol–water partition coefficient (Wildman–Crippen LogP) is 24.9. The fourth-order valence-corrected chi connectivity index (χ4v) is 19.7. The SMILES string of the molecule is CC(C)[Si](COc1ccc(F)cc1-c1cc(C(C)(C)CC(C)(C)C)cc(-n2c3ccc(C(C)(C)C)cc3c3cc(C(C)(C)C)ccc32)c1O)(COC1(C(C)(C)C)C=Cc2c(c3cc(C(C)(C)C)ccc3n2-c2cc(C(C)(C)CC(C)(C)C)cc(-c3cccc(F)c3)c2O)C1)C(C)C. The smallest absolute Gasteiger partial charge is 0.147 e. The molecule has 0 aliphatic heterocycles. The zero-order chi connectivity index (χ0) is 71.7. The predicted molar refractivity (Wildman–Crippen MR) is 411 cm³/mol. The van der Waals surface area contributed by atoms with Crippen LogP contribution in [0.3, 0.4) is 0 Å². The van der Waals surface area contributed by atoms with Crippen molar-refractivity contribution in [3.63, 3.8) is 0 Å². The number of fused-ring (bicyclic) bond motifs is 6. The number of phenols is 2. The van der Waals surface area contributed by atoms with Crippen LogP contribution < -0.4 is 4.74 Å². The van der Waals surface area contributed by atoms with Crippen LogP contribution in [0, 0.1) is 27.9 Å². The van der Waals surface area contributed by atoms with Crippen molar-refractivity contribution in [3.05, 3.63) is 178 Å². The van der Waals surface area contributed by atoms with Crippen LogP contribution in [0.5, 0.6) is 17.2 Å². The van der Waals surface area contributed by atoms with E-state index in [1.165, 1.54) is 34.9 Å². The van der Waals surface area contributed by atoms with Gasteiger partial charge < -0.3 is 28.8 Å². The molecule has 0 amide bonds. The minimum Gasteiger partial charge on any atom is -0.505 e. The van der Waals surface area contributed by atoms with Crippen LogP contribution in [0.1, 0.15) is 232 Å². The van der Waals surface area contributed by atoms with Crippen LogP contribution in [-0.4, -0.2) is 45.5 Å². The summed E-state index contributed by atoms with van der Waals surface area (Å²) in [6.45, 7) is 59.0. The first kappa shape index (κ1) is 72.8. The van der Waals surface area contributed by atoms with Crippen molar-refractivity contribution in [2.75, 3.05) is 12.5 Å². The van der Waals surface area contributed by atoms with Crippen molar-refractivity contribution in [2.45, 2.75) is 243 Å². The summed E-state index contributed by atoms with van der Waals surface area (Å²) in [7, 11) is -2.74. The van der Waals surface area contributed by atoms with Gasteiger partial charge in [0.05, 0.1) is 45.5 Å². The van der Waals surface area contributed by atoms with Crippen molar-refractivity contribution < 1.29 is 28.5 Å². The summed E-state index contributed by atoms with van der Waals surface area (Å²) in [6.07, 6.45) is 7.64. The van der Waals surface area contributed by atoms with Crippen LogP contribution in [-0.2, 0) is 38.2 Å². The van der Waals surface area contributed by atoms with Crippen LogP contribution in [0.2, 0.25) is 11.1 Å². The molecule has 518 valence electrons. The fraction of sp³-hybridized carbons (Fsp3) is 0.477. The first-order chi connectivity index (χ1) is 44.6. The second kappa shape index (κ2) is 25.0. The lowest BCUT2D eigenvalue weighted by Gasteiger charge is -2.48. The Labute approximate surface area is 581 Å². The Balaban J connectivity index is 1.10. The van der Waals surface area contributed by atoms with Crippen molar-refractivity contribution >= 4 is 46.9 Å². The lowest BCUT2D eigenvalue weighted by Crippen LogP contribution is -2.57. The number of aromatic nitrogens is 2. The van der Waals surface area contributed by atoms with Crippen molar-refractivity contribution in [1.82, 2.24) is 9.13 Å². The fourth-order valence-electron chi connectivity index (χ4n) is 16.0. The molecule has 0 spiro atoms. The van der Waals surface area contributed by atoms with Gasteiger partial charge >= 0.3 is 0 Å². The van der Waals surface area contributed by atoms with Gasteiger partial charge in [0.1, 0.15) is 37.0 Å². The zero-order valence-electron chi connectivity index (χ0n) is 63.8. The molecule has 0 radical (unpaired) electrons. The molecule has 7 aromatic carbocycles. The van der Waals surface area contributed by atoms with Crippen molar-refractivity contribution in [2.24, 2.45) is 16.2 Å². The molecule has 1 atom stereocenters. The van der Waals surface area contributed by atoms with Gasteiger partial charge in [0.25, 0.3) is 0 Å². The van der Waals surface area contributed by atoms with Crippen LogP contribution in [0.4, 0.5) is 8.78 Å². The highest BCUT2D eigenvalue weighted by Gasteiger charge is 2.50. The second-order valence-electron chi connectivity index (χ2n) is 37.4. The molecule has 0 saturated carbocycles. The molecule has 1 unspecified atom stereocenters. The van der Waals surface area contributed by atoms with E-state index in [0.29, 0.717) is 58.3 Å². The Kier molecular flexibility index (Phi) is 18.8. The number of benzene rings is 7. The van der Waals surface area contributed by atoms with Crippen molar-refractivity contribution in [3.8, 4) is 50.9 Å². The van der Waals surface area contributed by atoms with Crippen LogP contribution in [0.15, 0.2) is 127 Å². The highest BCUT2D eigenvalue weighted by molar-refractivity contribution is 6.82. The van der Waals surface area contributed by atoms with Gasteiger partial charge in [-0.2, -0.15) is 0 Å². The molecule has 2 aromatic heterocycles. The van der Waals surface area contributed by atoms with E-state index in [1.54, 1.807) is 18.2 Å². The average Bonchev–Trinajstić information content (AvgIpc) is 1.60. The summed E-state index contributed by atoms with van der Waals surface area (Å²) in [4.78, 5) is 0. The van der Waals surface area contributed by atoms with E-state index in [-0.39, 0.29) is 66.3 Å². The van der Waals surface area contributed by atoms with E-state index in [4.69, 9.17) is 9.47 Å². The highest BCUT2D eigenvalue weighted by Crippen LogP contribution is 2.53. The maximum absolute atomic E-state index is 16.4. The van der Waals surface area contributed by atoms with Gasteiger partial charge in [-0.1, -0.05) is 210 Å². The largest absolute Gasteiger partial charge is 0.505 e. The summed E-state index contributed by atoms with van der Waals surface area (Å²) in [5.74, 6) is -0.140. The van der Waals surface area contributed by atoms with E-state index in [9.17, 15) is 10.2 Å². The van der Waals surface area contributed by atoms with E-state index in [0.717, 1.165) is 67.9 Å². The monoisotopic (exact) mass is 1330 g/mol. The molecule has 2 heterocycles. The molecule has 97 heavy (non-hydrogen) atoms. The molecule has 9 aromatic rings. The molecule has 6 nitrogen and oxygen atoms in total. The molecule has 0 bridgehead atoms. The second-order valence-corrected chi connectivity index (χ2v) is 42.8. The quantitative estimate of drug-likeness (QED) is 0.0946. The third kappa shape index (κ3) is 14.2. The van der Waals surface area contributed by atoms with Crippen LogP contribution in [0.25, 0.3) is 72.4 Å². The first-order valence-electron chi connectivity index (χ1n) is 35.6. The number of hydrogen-bond acceptors (Lipinski definition) is 4. The summed E-state index contributed by atoms with van der Waals surface area (Å²) >= 11 is 0. The van der Waals surface area contributed by atoms with E-state index in [2.05, 4.69) is 280 Å². The molecule has 0 saturated heterocycles. The summed E-state index contributed by atoms with van der Waals surface area (Å²) in [5, 5.41) is 29.5. The number of rotatable bonds is 16. The third-order valence-electron chi connectivity index (χ3n) is 21.6. The topological polar surface area (TPSA) is 68.8 Å². The van der Waals surface area contributed by atoms with Gasteiger partial charge in [-0.15, -0.1) is 0 Å². The van der Waals surface area contributed by atoms with Gasteiger partial charge in [-0.25, -0.2) is 8.78 Å². The Morgan fingerprint density at radius 2 is 0.928 bits per heavy atom. The number of hydrogen-bond donors (Lipinski definition) is 2. The van der Waals surface area contributed by atoms with Gasteiger partial charge in [0.2, 0.25) is 0 Å². The van der Waals surface area contributed by atoms with E-state index < -0.39 is 24.9 Å². The molecular formula is C88H114F2N2O4Si. The standard InChI is InChI=1S/C88H114F2N2O4Si/c1-54(2)97(55(3)4,52-95-77-37-33-63(90)48-68(77)69-45-61(87(25,26)51-81(8,9)10)47-76(79(69)94)91-71-34-30-57(82(11,12)13)41-65(71)66-42-58(83(14,15)16)31-35-72(66)91)53-96-88(85(20,21)22)39-38-74-70(49-88)67-43-59(84(17,18)19)32-36-73(67)92(74)75-46-60(86(23,24)50-80(5,6)7)44-64(78(75)93)56-28-27-29-62(89)40-56/h27-48,54-55,93-94H,49-53H2,1-26H3. The average molecular weight is 1330 g/mol. The number of ether oxygens (including phenoxy) is 2. The van der Waals surface area contributed by atoms with Crippen LogP contribution >= 0.6 is 0 Å². The van der Waals surface area contributed by atoms with E-state index >= 15 is 8.78 Å². The molecule has 1 aliphatic carbocycles. The highest BCUT2D eigenvalue weighted by atomic mass is 28.3. The summed E-state index contributed by atoms with van der Waals surface area (Å²) < 4.78 is 51.4. The number of nitrogens with zero attached hydrogens (tertiary/aromatic N) is 2. The minimum absolute atomic E-state index is 0.000523. The number of phenolic OH excluding ortho intramolecular Hbond substituents is 2. The minimum atomic E-state index is -2.74. The molecular weight excluding hydrogens is 1220 g/mol. The Morgan fingerprint density at radius 3 is 1.39 bits per heavy atom. The molecule has 10 rings (SSSR count). The Morgan fingerprint density at radius 1 is 0.474 bits per heavy atom. The lowest BCUT2D eigenvalue weighted by atomic mass is 9.70. The lowest BCUT2D eigenvalue weighted by molar-refractivity contribution is -0.0655. The summed E-state index contributed by atoms with van der Waals surface area (Å²) in [6, 6.07) is 40.1. The maximum Gasteiger partial charge on any atom is 0.147 e. The van der Waals surface area contributed by atoms with Gasteiger partial charge in [-0.3, -0.25) is 0 Å². The molecule has 9 heteroatoms. The number of halogens is 2. The van der Waals surface area contributed by atoms with Gasteiger partial charge in [-0.05, 0) is 209 Å². The summed E-state index contributed by atoms with van der Waals surface area (Å²) in [5.41, 5.74) is 12.3. The van der Waals surface area contributed by atoms with Crippen molar-refractivity contribution in [1.29, 1.82) is 0 Å². The third-order valence-corrected chi connectivity index (χ3v) is 27.6. The maximum atomic E-state index is 16.4. The zero-order valence-corrected chi connectivity index (χ0v) is 64.8. The number of aromatic hydroxyl groups is 2. The normalized spacial score (nSPS) is 15.6.